The van der Waals surface area contributed by atoms with E-state index >= 15 is 0 Å². The number of benzene rings is 1. The molecule has 1 aromatic carbocycles. The molecule has 0 saturated heterocycles. The molecule has 0 bridgehead atoms. The van der Waals surface area contributed by atoms with Crippen molar-refractivity contribution in [3.8, 4) is 0 Å². The van der Waals surface area contributed by atoms with Crippen LogP contribution >= 0.6 is 11.6 Å². The van der Waals surface area contributed by atoms with Crippen LogP contribution in [0.3, 0.4) is 0 Å². The van der Waals surface area contributed by atoms with Crippen LogP contribution in [0, 0.1) is 0 Å². The Bertz CT molecular complexity index is 396. The number of ketones is 1. The van der Waals surface area contributed by atoms with Gasteiger partial charge >= 0.3 is 0 Å². The number of hydrogen-bond donors (Lipinski definition) is 2. The highest BCUT2D eigenvalue weighted by Crippen LogP contribution is 2.19. The molecule has 16 heavy (non-hydrogen) atoms. The van der Waals surface area contributed by atoms with Crippen molar-refractivity contribution >= 4 is 23.1 Å². The van der Waals surface area contributed by atoms with Crippen LogP contribution in [0.2, 0.25) is 5.02 Å². The van der Waals surface area contributed by atoms with Gasteiger partial charge in [-0.15, -0.1) is 0 Å². The van der Waals surface area contributed by atoms with E-state index in [1.54, 1.807) is 18.2 Å². The maximum atomic E-state index is 11.8. The second-order valence-corrected chi connectivity index (χ2v) is 5.17. The maximum Gasteiger partial charge on any atom is 0.176 e. The number of nitrogens with one attached hydrogen (secondary N) is 1. The van der Waals surface area contributed by atoms with Gasteiger partial charge in [0.25, 0.3) is 0 Å². The molecule has 0 aliphatic carbocycles. The van der Waals surface area contributed by atoms with E-state index in [1.807, 2.05) is 20.8 Å². The Morgan fingerprint density at radius 3 is 2.56 bits per heavy atom. The number of carbonyl (C=O) groups excluding carboxylic acids is 1. The third-order valence-corrected chi connectivity index (χ3v) is 2.44. The third kappa shape index (κ3) is 3.83. The highest BCUT2D eigenvalue weighted by atomic mass is 35.5. The summed E-state index contributed by atoms with van der Waals surface area (Å²) >= 11 is 5.78. The van der Waals surface area contributed by atoms with E-state index in [2.05, 4.69) is 5.32 Å². The summed E-state index contributed by atoms with van der Waals surface area (Å²) < 4.78 is 0. The Morgan fingerprint density at radius 1 is 1.44 bits per heavy atom. The fourth-order valence-corrected chi connectivity index (χ4v) is 1.28. The lowest BCUT2D eigenvalue weighted by Gasteiger charge is -2.19. The van der Waals surface area contributed by atoms with Gasteiger partial charge in [0.2, 0.25) is 0 Å². The highest BCUT2D eigenvalue weighted by Gasteiger charge is 2.13. The number of Topliss-reactive ketones (excluding diaryl/α,β-unsaturated/α-hetero) is 1. The van der Waals surface area contributed by atoms with Crippen LogP contribution in [0.4, 0.5) is 5.69 Å². The standard InChI is InChI=1S/C12H17ClN2O/c1-12(2,3)15-7-11(16)8-4-5-9(13)10(14)6-8/h4-6,15H,7,14H2,1-3H3. The van der Waals surface area contributed by atoms with Crippen molar-refractivity contribution in [1.29, 1.82) is 0 Å². The van der Waals surface area contributed by atoms with E-state index in [9.17, 15) is 4.79 Å². The van der Waals surface area contributed by atoms with E-state index in [-0.39, 0.29) is 11.3 Å². The zero-order valence-corrected chi connectivity index (χ0v) is 10.6. The lowest BCUT2D eigenvalue weighted by molar-refractivity contribution is 0.0982. The minimum absolute atomic E-state index is 0.0123. The van der Waals surface area contributed by atoms with Gasteiger partial charge < -0.3 is 11.1 Å². The number of nitrogens with two attached hydrogens (primary N) is 1. The van der Waals surface area contributed by atoms with Crippen molar-refractivity contribution in [2.45, 2.75) is 26.3 Å². The molecular formula is C12H17ClN2O. The lowest BCUT2D eigenvalue weighted by atomic mass is 10.1. The Morgan fingerprint density at radius 2 is 2.06 bits per heavy atom. The molecular weight excluding hydrogens is 224 g/mol. The van der Waals surface area contributed by atoms with E-state index in [0.717, 1.165) is 0 Å². The van der Waals surface area contributed by atoms with Gasteiger partial charge in [-0.3, -0.25) is 4.79 Å². The van der Waals surface area contributed by atoms with Crippen LogP contribution in [-0.4, -0.2) is 17.9 Å². The van der Waals surface area contributed by atoms with Gasteiger partial charge in [-0.05, 0) is 39.0 Å². The fraction of sp³-hybridized carbons (Fsp3) is 0.417. The van der Waals surface area contributed by atoms with Gasteiger partial charge in [0.15, 0.2) is 5.78 Å². The number of hydrogen-bond acceptors (Lipinski definition) is 3. The molecule has 0 saturated carbocycles. The van der Waals surface area contributed by atoms with Crippen molar-refractivity contribution in [3.05, 3.63) is 28.8 Å². The molecule has 0 aromatic heterocycles. The van der Waals surface area contributed by atoms with E-state index in [4.69, 9.17) is 17.3 Å². The number of nitrogen functional groups attached to an aromatic ring is 1. The molecule has 0 unspecified atom stereocenters. The smallest absolute Gasteiger partial charge is 0.176 e. The quantitative estimate of drug-likeness (QED) is 0.631. The van der Waals surface area contributed by atoms with Gasteiger partial charge in [-0.1, -0.05) is 11.6 Å². The van der Waals surface area contributed by atoms with Crippen LogP contribution < -0.4 is 11.1 Å². The molecule has 0 atom stereocenters. The molecule has 0 fully saturated rings. The fourth-order valence-electron chi connectivity index (χ4n) is 1.16. The van der Waals surface area contributed by atoms with Crippen molar-refractivity contribution in [1.82, 2.24) is 5.32 Å². The first-order valence-electron chi connectivity index (χ1n) is 5.13. The summed E-state index contributed by atoms with van der Waals surface area (Å²) in [5, 5.41) is 3.60. The van der Waals surface area contributed by atoms with Crippen molar-refractivity contribution in [2.75, 3.05) is 12.3 Å². The normalized spacial score (nSPS) is 11.5. The van der Waals surface area contributed by atoms with Crippen molar-refractivity contribution in [3.63, 3.8) is 0 Å². The molecule has 1 rings (SSSR count). The van der Waals surface area contributed by atoms with Crippen LogP contribution in [-0.2, 0) is 0 Å². The lowest BCUT2D eigenvalue weighted by Crippen LogP contribution is -2.39. The zero-order valence-electron chi connectivity index (χ0n) is 9.80. The monoisotopic (exact) mass is 240 g/mol. The zero-order chi connectivity index (χ0) is 12.3. The van der Waals surface area contributed by atoms with Gasteiger partial charge in [-0.2, -0.15) is 0 Å². The first-order valence-corrected chi connectivity index (χ1v) is 5.50. The molecule has 0 aliphatic rings. The molecule has 4 heteroatoms. The van der Waals surface area contributed by atoms with E-state index in [1.165, 1.54) is 0 Å². The van der Waals surface area contributed by atoms with Gasteiger partial charge in [0, 0.05) is 11.1 Å². The molecule has 0 spiro atoms. The number of halogens is 1. The predicted molar refractivity (Wildman–Crippen MR) is 68.0 cm³/mol. The first-order chi connectivity index (χ1) is 7.29. The number of carbonyl (C=O) groups is 1. The summed E-state index contributed by atoms with van der Waals surface area (Å²) in [4.78, 5) is 11.8. The second kappa shape index (κ2) is 4.85. The average Bonchev–Trinajstić information content (AvgIpc) is 2.17. The maximum absolute atomic E-state index is 11.8. The van der Waals surface area contributed by atoms with Gasteiger partial charge in [0.1, 0.15) is 0 Å². The van der Waals surface area contributed by atoms with Crippen molar-refractivity contribution in [2.24, 2.45) is 0 Å². The van der Waals surface area contributed by atoms with Crippen LogP contribution in [0.15, 0.2) is 18.2 Å². The summed E-state index contributed by atoms with van der Waals surface area (Å²) in [6, 6.07) is 4.93. The van der Waals surface area contributed by atoms with E-state index < -0.39 is 0 Å². The Kier molecular flexibility index (Phi) is 3.94. The van der Waals surface area contributed by atoms with Crippen molar-refractivity contribution < 1.29 is 4.79 Å². The molecule has 3 nitrogen and oxygen atoms in total. The largest absolute Gasteiger partial charge is 0.398 e. The summed E-state index contributed by atoms with van der Waals surface area (Å²) in [5.41, 5.74) is 6.58. The molecule has 3 N–H and O–H groups in total. The molecule has 88 valence electrons. The minimum Gasteiger partial charge on any atom is -0.398 e. The first kappa shape index (κ1) is 13.0. The Labute approximate surface area is 101 Å². The summed E-state index contributed by atoms with van der Waals surface area (Å²) in [7, 11) is 0. The second-order valence-electron chi connectivity index (χ2n) is 4.76. The summed E-state index contributed by atoms with van der Waals surface area (Å²) in [6.45, 7) is 6.33. The van der Waals surface area contributed by atoms with Gasteiger partial charge in [0.05, 0.1) is 17.3 Å². The molecule has 0 radical (unpaired) electrons. The average molecular weight is 241 g/mol. The number of anilines is 1. The van der Waals surface area contributed by atoms with E-state index in [0.29, 0.717) is 22.8 Å². The van der Waals surface area contributed by atoms with Crippen LogP contribution in [0.5, 0.6) is 0 Å². The third-order valence-electron chi connectivity index (χ3n) is 2.10. The molecule has 0 heterocycles. The summed E-state index contributed by atoms with van der Waals surface area (Å²) in [6.07, 6.45) is 0. The van der Waals surface area contributed by atoms with Gasteiger partial charge in [-0.25, -0.2) is 0 Å². The molecule has 0 amide bonds. The van der Waals surface area contributed by atoms with Crippen LogP contribution in [0.25, 0.3) is 0 Å². The molecule has 0 aliphatic heterocycles. The minimum atomic E-state index is -0.0758. The highest BCUT2D eigenvalue weighted by molar-refractivity contribution is 6.33. The Balaban J connectivity index is 2.70. The number of rotatable bonds is 3. The Hall–Kier alpha value is -1.06. The summed E-state index contributed by atoms with van der Waals surface area (Å²) in [5.74, 6) is 0.0123. The predicted octanol–water partition coefficient (Wildman–Crippen LogP) is 2.49. The van der Waals surface area contributed by atoms with Crippen LogP contribution in [0.1, 0.15) is 31.1 Å². The SMILES string of the molecule is CC(C)(C)NCC(=O)c1ccc(Cl)c(N)c1. The molecule has 1 aromatic rings. The topological polar surface area (TPSA) is 55.1 Å².